The number of amides is 2. The van der Waals surface area contributed by atoms with E-state index >= 15 is 0 Å². The normalized spacial score (nSPS) is 13.1. The lowest BCUT2D eigenvalue weighted by atomic mass is 9.98. The third-order valence-corrected chi connectivity index (χ3v) is 5.58. The van der Waals surface area contributed by atoms with Crippen LogP contribution in [0.3, 0.4) is 0 Å². The van der Waals surface area contributed by atoms with Crippen molar-refractivity contribution in [2.75, 3.05) is 19.4 Å². The smallest absolute Gasteiger partial charge is 0.251 e. The molecule has 0 aromatic heterocycles. The summed E-state index contributed by atoms with van der Waals surface area (Å²) in [6.07, 6.45) is 1.93. The van der Waals surface area contributed by atoms with Crippen molar-refractivity contribution in [3.63, 3.8) is 0 Å². The standard InChI is InChI=1S/C27H29N3O2/c1-30(2)18-19-7-9-20(10-8-19)25-6-4-3-5-23(25)17-28-26(31)21-13-15-24(16-14-21)29-27(32)22-11-12-22/h3-10,13-16,22H,11-12,17-18H2,1-2H3,(H,28,31)(H,29,32). The zero-order chi connectivity index (χ0) is 22.5. The Morgan fingerprint density at radius 3 is 2.25 bits per heavy atom. The lowest BCUT2D eigenvalue weighted by Gasteiger charge is -2.13. The summed E-state index contributed by atoms with van der Waals surface area (Å²) >= 11 is 0. The number of rotatable bonds is 8. The van der Waals surface area contributed by atoms with Gasteiger partial charge in [0.05, 0.1) is 0 Å². The number of nitrogens with one attached hydrogen (secondary N) is 2. The molecule has 0 unspecified atom stereocenters. The van der Waals surface area contributed by atoms with Gasteiger partial charge in [0.25, 0.3) is 5.91 Å². The van der Waals surface area contributed by atoms with Crippen LogP contribution in [0.15, 0.2) is 72.8 Å². The second kappa shape index (κ2) is 9.79. The van der Waals surface area contributed by atoms with E-state index in [1.54, 1.807) is 24.3 Å². The molecule has 1 aliphatic rings. The van der Waals surface area contributed by atoms with Crippen LogP contribution in [0.25, 0.3) is 11.1 Å². The van der Waals surface area contributed by atoms with Crippen LogP contribution in [-0.4, -0.2) is 30.8 Å². The Hall–Kier alpha value is -3.44. The number of carbonyl (C=O) groups excluding carboxylic acids is 2. The summed E-state index contributed by atoms with van der Waals surface area (Å²) in [5.74, 6) is 0.0805. The number of carbonyl (C=O) groups is 2. The molecule has 0 atom stereocenters. The maximum atomic E-state index is 12.7. The summed E-state index contributed by atoms with van der Waals surface area (Å²) in [7, 11) is 4.12. The SMILES string of the molecule is CN(C)Cc1ccc(-c2ccccc2CNC(=O)c2ccc(NC(=O)C3CC3)cc2)cc1. The van der Waals surface area contributed by atoms with Gasteiger partial charge in [0, 0.05) is 30.3 Å². The van der Waals surface area contributed by atoms with E-state index in [-0.39, 0.29) is 17.7 Å². The zero-order valence-corrected chi connectivity index (χ0v) is 18.6. The predicted molar refractivity (Wildman–Crippen MR) is 128 cm³/mol. The average molecular weight is 428 g/mol. The highest BCUT2D eigenvalue weighted by Crippen LogP contribution is 2.30. The van der Waals surface area contributed by atoms with Crippen molar-refractivity contribution in [3.05, 3.63) is 89.5 Å². The Morgan fingerprint density at radius 2 is 1.59 bits per heavy atom. The molecule has 0 saturated heterocycles. The average Bonchev–Trinajstić information content (AvgIpc) is 3.64. The molecule has 0 bridgehead atoms. The monoisotopic (exact) mass is 427 g/mol. The highest BCUT2D eigenvalue weighted by atomic mass is 16.2. The zero-order valence-electron chi connectivity index (χ0n) is 18.6. The molecule has 3 aromatic rings. The van der Waals surface area contributed by atoms with E-state index in [1.807, 2.05) is 18.2 Å². The number of benzene rings is 3. The van der Waals surface area contributed by atoms with Gasteiger partial charge in [-0.2, -0.15) is 0 Å². The fraction of sp³-hybridized carbons (Fsp3) is 0.259. The van der Waals surface area contributed by atoms with E-state index in [2.05, 4.69) is 60.0 Å². The van der Waals surface area contributed by atoms with Gasteiger partial charge >= 0.3 is 0 Å². The van der Waals surface area contributed by atoms with Crippen molar-refractivity contribution in [2.45, 2.75) is 25.9 Å². The summed E-state index contributed by atoms with van der Waals surface area (Å²) < 4.78 is 0. The number of nitrogens with zero attached hydrogens (tertiary/aromatic N) is 1. The van der Waals surface area contributed by atoms with E-state index in [1.165, 1.54) is 5.56 Å². The molecule has 1 saturated carbocycles. The van der Waals surface area contributed by atoms with Crippen molar-refractivity contribution in [1.82, 2.24) is 10.2 Å². The van der Waals surface area contributed by atoms with Gasteiger partial charge in [-0.25, -0.2) is 0 Å². The molecule has 0 radical (unpaired) electrons. The van der Waals surface area contributed by atoms with Gasteiger partial charge in [0.2, 0.25) is 5.91 Å². The second-order valence-electron chi connectivity index (χ2n) is 8.62. The Bertz CT molecular complexity index is 1080. The van der Waals surface area contributed by atoms with Crippen LogP contribution >= 0.6 is 0 Å². The number of hydrogen-bond acceptors (Lipinski definition) is 3. The quantitative estimate of drug-likeness (QED) is 0.548. The van der Waals surface area contributed by atoms with Gasteiger partial charge in [-0.3, -0.25) is 9.59 Å². The summed E-state index contributed by atoms with van der Waals surface area (Å²) in [4.78, 5) is 26.7. The van der Waals surface area contributed by atoms with E-state index < -0.39 is 0 Å². The van der Waals surface area contributed by atoms with Crippen LogP contribution in [-0.2, 0) is 17.9 Å². The first kappa shape index (κ1) is 21.8. The summed E-state index contributed by atoms with van der Waals surface area (Å²) in [5.41, 5.74) is 5.87. The van der Waals surface area contributed by atoms with Gasteiger partial charge in [-0.15, -0.1) is 0 Å². The molecule has 164 valence electrons. The lowest BCUT2D eigenvalue weighted by molar-refractivity contribution is -0.117. The fourth-order valence-electron chi connectivity index (χ4n) is 3.68. The Kier molecular flexibility index (Phi) is 6.66. The van der Waals surface area contributed by atoms with Crippen molar-refractivity contribution >= 4 is 17.5 Å². The molecule has 0 aliphatic heterocycles. The van der Waals surface area contributed by atoms with Gasteiger partial charge in [0.15, 0.2) is 0 Å². The highest BCUT2D eigenvalue weighted by Gasteiger charge is 2.29. The topological polar surface area (TPSA) is 61.4 Å². The van der Waals surface area contributed by atoms with Crippen LogP contribution in [0.1, 0.15) is 34.3 Å². The van der Waals surface area contributed by atoms with Gasteiger partial charge in [-0.1, -0.05) is 48.5 Å². The maximum absolute atomic E-state index is 12.7. The van der Waals surface area contributed by atoms with Crippen molar-refractivity contribution in [2.24, 2.45) is 5.92 Å². The minimum atomic E-state index is -0.138. The van der Waals surface area contributed by atoms with E-state index in [9.17, 15) is 9.59 Å². The molecule has 0 spiro atoms. The molecule has 5 nitrogen and oxygen atoms in total. The van der Waals surface area contributed by atoms with Crippen molar-refractivity contribution in [3.8, 4) is 11.1 Å². The Balaban J connectivity index is 1.39. The fourth-order valence-corrected chi connectivity index (χ4v) is 3.68. The molecule has 5 heteroatoms. The third-order valence-electron chi connectivity index (χ3n) is 5.58. The molecular formula is C27H29N3O2. The summed E-state index contributed by atoms with van der Waals surface area (Å²) in [6, 6.07) is 23.7. The number of hydrogen-bond donors (Lipinski definition) is 2. The minimum Gasteiger partial charge on any atom is -0.348 e. The molecule has 4 rings (SSSR count). The minimum absolute atomic E-state index is 0.0635. The Labute approximate surface area is 189 Å². The lowest BCUT2D eigenvalue weighted by Crippen LogP contribution is -2.23. The maximum Gasteiger partial charge on any atom is 0.251 e. The molecular weight excluding hydrogens is 398 g/mol. The van der Waals surface area contributed by atoms with Crippen molar-refractivity contribution < 1.29 is 9.59 Å². The molecule has 32 heavy (non-hydrogen) atoms. The first-order valence-electron chi connectivity index (χ1n) is 11.0. The highest BCUT2D eigenvalue weighted by molar-refractivity contribution is 5.96. The first-order chi connectivity index (χ1) is 15.5. The Morgan fingerprint density at radius 1 is 0.906 bits per heavy atom. The third kappa shape index (κ3) is 5.62. The molecule has 1 fully saturated rings. The van der Waals surface area contributed by atoms with E-state index in [4.69, 9.17) is 0 Å². The number of anilines is 1. The molecule has 2 amide bonds. The first-order valence-corrected chi connectivity index (χ1v) is 11.0. The second-order valence-corrected chi connectivity index (χ2v) is 8.62. The predicted octanol–water partition coefficient (Wildman–Crippen LogP) is 4.69. The molecule has 0 heterocycles. The van der Waals surface area contributed by atoms with E-state index in [0.29, 0.717) is 12.1 Å². The largest absolute Gasteiger partial charge is 0.348 e. The van der Waals surface area contributed by atoms with Crippen LogP contribution in [0.4, 0.5) is 5.69 Å². The molecule has 3 aromatic carbocycles. The van der Waals surface area contributed by atoms with E-state index in [0.717, 1.165) is 41.8 Å². The summed E-state index contributed by atoms with van der Waals surface area (Å²) in [5, 5.41) is 5.91. The van der Waals surface area contributed by atoms with Crippen molar-refractivity contribution in [1.29, 1.82) is 0 Å². The summed E-state index contributed by atoms with van der Waals surface area (Å²) in [6.45, 7) is 1.34. The van der Waals surface area contributed by atoms with Crippen LogP contribution < -0.4 is 10.6 Å². The van der Waals surface area contributed by atoms with Crippen LogP contribution in [0, 0.1) is 5.92 Å². The van der Waals surface area contributed by atoms with Gasteiger partial charge in [-0.05, 0) is 73.5 Å². The van der Waals surface area contributed by atoms with Gasteiger partial charge < -0.3 is 15.5 Å². The molecule has 2 N–H and O–H groups in total. The van der Waals surface area contributed by atoms with Crippen LogP contribution in [0.2, 0.25) is 0 Å². The van der Waals surface area contributed by atoms with Crippen LogP contribution in [0.5, 0.6) is 0 Å². The molecule has 1 aliphatic carbocycles. The van der Waals surface area contributed by atoms with Gasteiger partial charge in [0.1, 0.15) is 0 Å².